The van der Waals surface area contributed by atoms with Crippen LogP contribution in [0.2, 0.25) is 0 Å². The molecular weight excluding hydrogens is 323 g/mol. The minimum Gasteiger partial charge on any atom is -0.488 e. The minimum atomic E-state index is -1.21. The van der Waals surface area contributed by atoms with Crippen molar-refractivity contribution < 1.29 is 19.0 Å². The van der Waals surface area contributed by atoms with Gasteiger partial charge in [0.2, 0.25) is 0 Å². The van der Waals surface area contributed by atoms with E-state index in [0.29, 0.717) is 0 Å². The molecule has 1 aromatic carbocycles. The van der Waals surface area contributed by atoms with E-state index in [1.54, 1.807) is 0 Å². The lowest BCUT2D eigenvalue weighted by molar-refractivity contribution is 0.0691. The van der Waals surface area contributed by atoms with Crippen molar-refractivity contribution in [3.8, 4) is 5.75 Å². The number of carboxylic acids is 1. The van der Waals surface area contributed by atoms with E-state index in [9.17, 15) is 9.18 Å². The van der Waals surface area contributed by atoms with Crippen molar-refractivity contribution >= 4 is 33.2 Å². The molecular formula is C12H8BrFO3S. The normalized spacial score (nSPS) is 10.3. The van der Waals surface area contributed by atoms with Crippen LogP contribution in [0.15, 0.2) is 33.4 Å². The molecule has 0 radical (unpaired) electrons. The second-order valence-corrected chi connectivity index (χ2v) is 5.78. The number of carbonyl (C=O) groups is 1. The van der Waals surface area contributed by atoms with Crippen molar-refractivity contribution in [3.63, 3.8) is 0 Å². The number of thiophene rings is 1. The Balaban J connectivity index is 2.16. The van der Waals surface area contributed by atoms with E-state index in [1.165, 1.54) is 23.5 Å². The van der Waals surface area contributed by atoms with Crippen LogP contribution in [0, 0.1) is 5.82 Å². The quantitative estimate of drug-likeness (QED) is 0.923. The molecule has 6 heteroatoms. The lowest BCUT2D eigenvalue weighted by Gasteiger charge is -2.08. The topological polar surface area (TPSA) is 46.5 Å². The van der Waals surface area contributed by atoms with E-state index in [1.807, 2.05) is 11.4 Å². The van der Waals surface area contributed by atoms with Gasteiger partial charge in [0.25, 0.3) is 0 Å². The summed E-state index contributed by atoms with van der Waals surface area (Å²) in [5.74, 6) is -1.65. The van der Waals surface area contributed by atoms with Gasteiger partial charge >= 0.3 is 5.97 Å². The highest BCUT2D eigenvalue weighted by atomic mass is 79.9. The van der Waals surface area contributed by atoms with Gasteiger partial charge in [0.05, 0.1) is 3.79 Å². The number of halogens is 2. The molecule has 1 N–H and O–H groups in total. The monoisotopic (exact) mass is 330 g/mol. The van der Waals surface area contributed by atoms with Gasteiger partial charge in [-0.25, -0.2) is 9.18 Å². The van der Waals surface area contributed by atoms with E-state index in [4.69, 9.17) is 9.84 Å². The number of rotatable bonds is 4. The number of ether oxygens (including phenoxy) is 1. The highest BCUT2D eigenvalue weighted by Gasteiger charge is 2.12. The van der Waals surface area contributed by atoms with Crippen LogP contribution in [0.3, 0.4) is 0 Å². The Morgan fingerprint density at radius 1 is 1.44 bits per heavy atom. The van der Waals surface area contributed by atoms with Gasteiger partial charge in [0.1, 0.15) is 23.7 Å². The Labute approximate surface area is 115 Å². The van der Waals surface area contributed by atoms with E-state index in [2.05, 4.69) is 15.9 Å². The second-order valence-electron chi connectivity index (χ2n) is 3.49. The molecule has 0 unspecified atom stereocenters. The van der Waals surface area contributed by atoms with E-state index < -0.39 is 11.8 Å². The molecule has 0 aliphatic rings. The summed E-state index contributed by atoms with van der Waals surface area (Å²) in [6, 6.07) is 5.32. The number of carboxylic acid groups (broad SMARTS) is 1. The van der Waals surface area contributed by atoms with Crippen molar-refractivity contribution in [3.05, 3.63) is 50.4 Å². The van der Waals surface area contributed by atoms with Gasteiger partial charge in [-0.15, -0.1) is 11.3 Å². The first-order valence-corrected chi connectivity index (χ1v) is 6.62. The molecule has 0 saturated heterocycles. The minimum absolute atomic E-state index is 0.159. The second kappa shape index (κ2) is 5.49. The number of benzene rings is 1. The Hall–Kier alpha value is -1.40. The van der Waals surface area contributed by atoms with Gasteiger partial charge < -0.3 is 9.84 Å². The molecule has 0 spiro atoms. The molecule has 1 aromatic heterocycles. The molecule has 2 rings (SSSR count). The number of hydrogen-bond donors (Lipinski definition) is 1. The fraction of sp³-hybridized carbons (Fsp3) is 0.0833. The van der Waals surface area contributed by atoms with Crippen LogP contribution >= 0.6 is 27.3 Å². The molecule has 0 aliphatic carbocycles. The molecule has 0 saturated carbocycles. The van der Waals surface area contributed by atoms with Crippen LogP contribution in [0.25, 0.3) is 0 Å². The smallest absolute Gasteiger partial charge is 0.339 e. The first-order chi connectivity index (χ1) is 8.56. The number of hydrogen-bond acceptors (Lipinski definition) is 3. The molecule has 3 nitrogen and oxygen atoms in total. The van der Waals surface area contributed by atoms with Crippen LogP contribution in [0.5, 0.6) is 5.75 Å². The van der Waals surface area contributed by atoms with Gasteiger partial charge in [-0.3, -0.25) is 0 Å². The Kier molecular flexibility index (Phi) is 3.98. The zero-order valence-corrected chi connectivity index (χ0v) is 11.4. The summed E-state index contributed by atoms with van der Waals surface area (Å²) in [5, 5.41) is 10.8. The molecule has 0 bridgehead atoms. The fourth-order valence-corrected chi connectivity index (χ4v) is 2.57. The van der Waals surface area contributed by atoms with Crippen molar-refractivity contribution in [2.24, 2.45) is 0 Å². The van der Waals surface area contributed by atoms with E-state index in [0.717, 1.165) is 15.4 Å². The van der Waals surface area contributed by atoms with Gasteiger partial charge in [-0.2, -0.15) is 0 Å². The summed E-state index contributed by atoms with van der Waals surface area (Å²) in [6.45, 7) is 0.244. The predicted molar refractivity (Wildman–Crippen MR) is 69.7 cm³/mol. The molecule has 0 amide bonds. The predicted octanol–water partition coefficient (Wildman–Crippen LogP) is 3.93. The maximum atomic E-state index is 13.0. The molecule has 94 valence electrons. The average Bonchev–Trinajstić information content (AvgIpc) is 2.73. The van der Waals surface area contributed by atoms with Crippen molar-refractivity contribution in [2.45, 2.75) is 6.61 Å². The summed E-state index contributed by atoms with van der Waals surface area (Å²) in [7, 11) is 0. The molecule has 0 atom stereocenters. The van der Waals surface area contributed by atoms with Crippen molar-refractivity contribution in [1.82, 2.24) is 0 Å². The largest absolute Gasteiger partial charge is 0.488 e. The van der Waals surface area contributed by atoms with Crippen LogP contribution in [0.4, 0.5) is 4.39 Å². The third kappa shape index (κ3) is 3.08. The summed E-state index contributed by atoms with van der Waals surface area (Å²) < 4.78 is 19.3. The van der Waals surface area contributed by atoms with Crippen LogP contribution in [0.1, 0.15) is 15.9 Å². The maximum Gasteiger partial charge on any atom is 0.339 e. The van der Waals surface area contributed by atoms with Gasteiger partial charge in [-0.05, 0) is 45.6 Å². The van der Waals surface area contributed by atoms with E-state index in [-0.39, 0.29) is 17.9 Å². The van der Waals surface area contributed by atoms with E-state index >= 15 is 0 Å². The fourth-order valence-electron chi connectivity index (χ4n) is 1.38. The van der Waals surface area contributed by atoms with Gasteiger partial charge in [0, 0.05) is 5.56 Å². The molecule has 2 aromatic rings. The highest BCUT2D eigenvalue weighted by Crippen LogP contribution is 2.24. The summed E-state index contributed by atoms with van der Waals surface area (Å²) in [5.41, 5.74) is 0.747. The van der Waals surface area contributed by atoms with Crippen molar-refractivity contribution in [2.75, 3.05) is 0 Å². The average molecular weight is 331 g/mol. The molecule has 0 fully saturated rings. The van der Waals surface area contributed by atoms with Crippen LogP contribution in [-0.4, -0.2) is 11.1 Å². The van der Waals surface area contributed by atoms with Gasteiger partial charge in [-0.1, -0.05) is 0 Å². The van der Waals surface area contributed by atoms with Crippen LogP contribution < -0.4 is 4.74 Å². The maximum absolute atomic E-state index is 13.0. The van der Waals surface area contributed by atoms with Gasteiger partial charge in [0.15, 0.2) is 0 Å². The summed E-state index contributed by atoms with van der Waals surface area (Å²) in [4.78, 5) is 10.9. The third-order valence-corrected chi connectivity index (χ3v) is 3.74. The highest BCUT2D eigenvalue weighted by molar-refractivity contribution is 9.11. The lowest BCUT2D eigenvalue weighted by Crippen LogP contribution is -2.03. The SMILES string of the molecule is O=C(O)c1cc(F)ccc1OCc1csc(Br)c1. The van der Waals surface area contributed by atoms with Crippen molar-refractivity contribution in [1.29, 1.82) is 0 Å². The summed E-state index contributed by atoms with van der Waals surface area (Å²) in [6.07, 6.45) is 0. The molecule has 0 aliphatic heterocycles. The first kappa shape index (κ1) is 13.0. The zero-order chi connectivity index (χ0) is 13.1. The Morgan fingerprint density at radius 3 is 2.83 bits per heavy atom. The Morgan fingerprint density at radius 2 is 2.22 bits per heavy atom. The van der Waals surface area contributed by atoms with Crippen LogP contribution in [-0.2, 0) is 6.61 Å². The number of aromatic carboxylic acids is 1. The third-order valence-electron chi connectivity index (χ3n) is 2.19. The first-order valence-electron chi connectivity index (χ1n) is 4.95. The molecule has 18 heavy (non-hydrogen) atoms. The molecule has 1 heterocycles. The zero-order valence-electron chi connectivity index (χ0n) is 9.02. The Bertz CT molecular complexity index is 582. The lowest BCUT2D eigenvalue weighted by atomic mass is 10.2. The summed E-state index contributed by atoms with van der Waals surface area (Å²) >= 11 is 4.84. The standard InChI is InChI=1S/C12H8BrFO3S/c13-11-3-7(6-18-11)5-17-10-2-1-8(14)4-9(10)12(15)16/h1-4,6H,5H2,(H,15,16).